The van der Waals surface area contributed by atoms with Crippen LogP contribution in [0.1, 0.15) is 18.1 Å². The van der Waals surface area contributed by atoms with Crippen molar-refractivity contribution in [2.24, 2.45) is 5.90 Å². The largest absolute Gasteiger partial charge is 0.494 e. The number of hydrogen-bond donors (Lipinski definition) is 1. The van der Waals surface area contributed by atoms with Gasteiger partial charge in [-0.3, -0.25) is 0 Å². The Morgan fingerprint density at radius 1 is 1.36 bits per heavy atom. The van der Waals surface area contributed by atoms with Gasteiger partial charge < -0.3 is 9.57 Å². The second-order valence-corrected chi connectivity index (χ2v) is 3.16. The van der Waals surface area contributed by atoms with Crippen molar-refractivity contribution in [1.82, 2.24) is 0 Å². The monoisotopic (exact) mass is 195 g/mol. The molecular formula is C11H17NO2. The van der Waals surface area contributed by atoms with Crippen molar-refractivity contribution in [2.75, 3.05) is 13.2 Å². The molecule has 0 bridgehead atoms. The zero-order chi connectivity index (χ0) is 10.4. The molecule has 78 valence electrons. The summed E-state index contributed by atoms with van der Waals surface area (Å²) in [7, 11) is 0. The van der Waals surface area contributed by atoms with Crippen LogP contribution in [0.5, 0.6) is 5.75 Å². The van der Waals surface area contributed by atoms with Gasteiger partial charge in [-0.2, -0.15) is 0 Å². The molecule has 0 aromatic heterocycles. The van der Waals surface area contributed by atoms with Crippen LogP contribution < -0.4 is 10.6 Å². The topological polar surface area (TPSA) is 44.5 Å². The summed E-state index contributed by atoms with van der Waals surface area (Å²) < 4.78 is 5.49. The van der Waals surface area contributed by atoms with Crippen molar-refractivity contribution in [2.45, 2.75) is 20.3 Å². The Morgan fingerprint density at radius 3 is 2.79 bits per heavy atom. The molecule has 0 aliphatic heterocycles. The SMILES string of the molecule is CCOc1ccc(C)cc1CCON. The van der Waals surface area contributed by atoms with Crippen LogP contribution in [0.2, 0.25) is 0 Å². The van der Waals surface area contributed by atoms with Crippen molar-refractivity contribution < 1.29 is 9.57 Å². The molecule has 1 aromatic carbocycles. The summed E-state index contributed by atoms with van der Waals surface area (Å²) in [5.74, 6) is 5.92. The van der Waals surface area contributed by atoms with E-state index in [4.69, 9.17) is 10.6 Å². The average Bonchev–Trinajstić information content (AvgIpc) is 2.18. The van der Waals surface area contributed by atoms with E-state index in [1.807, 2.05) is 19.1 Å². The first-order valence-corrected chi connectivity index (χ1v) is 4.82. The van der Waals surface area contributed by atoms with Crippen LogP contribution in [-0.2, 0) is 11.3 Å². The van der Waals surface area contributed by atoms with E-state index >= 15 is 0 Å². The van der Waals surface area contributed by atoms with Gasteiger partial charge in [-0.05, 0) is 25.5 Å². The molecule has 2 N–H and O–H groups in total. The first-order chi connectivity index (χ1) is 6.77. The fraction of sp³-hybridized carbons (Fsp3) is 0.455. The second-order valence-electron chi connectivity index (χ2n) is 3.16. The highest BCUT2D eigenvalue weighted by Crippen LogP contribution is 2.20. The standard InChI is InChI=1S/C11H17NO2/c1-3-13-11-5-4-9(2)8-10(11)6-7-14-12/h4-5,8H,3,6-7,12H2,1-2H3. The number of nitrogens with two attached hydrogens (primary N) is 1. The lowest BCUT2D eigenvalue weighted by Crippen LogP contribution is -2.05. The molecule has 14 heavy (non-hydrogen) atoms. The molecule has 0 saturated heterocycles. The Balaban J connectivity index is 2.79. The summed E-state index contributed by atoms with van der Waals surface area (Å²) in [5, 5.41) is 0. The van der Waals surface area contributed by atoms with Crippen molar-refractivity contribution in [3.63, 3.8) is 0 Å². The van der Waals surface area contributed by atoms with Crippen LogP contribution in [0.25, 0.3) is 0 Å². The number of aryl methyl sites for hydroxylation is 1. The van der Waals surface area contributed by atoms with E-state index in [-0.39, 0.29) is 0 Å². The number of ether oxygens (including phenoxy) is 1. The van der Waals surface area contributed by atoms with Gasteiger partial charge in [-0.1, -0.05) is 17.7 Å². The first kappa shape index (κ1) is 11.0. The number of benzene rings is 1. The number of rotatable bonds is 5. The van der Waals surface area contributed by atoms with Crippen molar-refractivity contribution in [3.8, 4) is 5.75 Å². The molecule has 0 heterocycles. The van der Waals surface area contributed by atoms with Crippen LogP contribution in [0.15, 0.2) is 18.2 Å². The maximum Gasteiger partial charge on any atom is 0.122 e. The first-order valence-electron chi connectivity index (χ1n) is 4.82. The highest BCUT2D eigenvalue weighted by atomic mass is 16.6. The van der Waals surface area contributed by atoms with Gasteiger partial charge in [0.05, 0.1) is 13.2 Å². The van der Waals surface area contributed by atoms with E-state index in [1.54, 1.807) is 0 Å². The van der Waals surface area contributed by atoms with Gasteiger partial charge in [-0.15, -0.1) is 0 Å². The summed E-state index contributed by atoms with van der Waals surface area (Å²) in [5.41, 5.74) is 2.37. The van der Waals surface area contributed by atoms with E-state index in [9.17, 15) is 0 Å². The van der Waals surface area contributed by atoms with E-state index in [0.717, 1.165) is 17.7 Å². The second kappa shape index (κ2) is 5.62. The van der Waals surface area contributed by atoms with Crippen LogP contribution in [0.4, 0.5) is 0 Å². The van der Waals surface area contributed by atoms with Crippen LogP contribution in [-0.4, -0.2) is 13.2 Å². The third kappa shape index (κ3) is 3.01. The van der Waals surface area contributed by atoms with E-state index in [1.165, 1.54) is 5.56 Å². The maximum atomic E-state index is 5.49. The molecule has 0 aliphatic carbocycles. The van der Waals surface area contributed by atoms with E-state index in [2.05, 4.69) is 17.8 Å². The third-order valence-electron chi connectivity index (χ3n) is 2.01. The molecule has 1 rings (SSSR count). The normalized spacial score (nSPS) is 10.2. The fourth-order valence-electron chi connectivity index (χ4n) is 1.37. The molecule has 0 spiro atoms. The van der Waals surface area contributed by atoms with Crippen LogP contribution >= 0.6 is 0 Å². The third-order valence-corrected chi connectivity index (χ3v) is 2.01. The lowest BCUT2D eigenvalue weighted by molar-refractivity contribution is 0.140. The minimum Gasteiger partial charge on any atom is -0.494 e. The highest BCUT2D eigenvalue weighted by molar-refractivity contribution is 5.37. The summed E-state index contributed by atoms with van der Waals surface area (Å²) in [6.45, 7) is 5.23. The van der Waals surface area contributed by atoms with Crippen molar-refractivity contribution >= 4 is 0 Å². The van der Waals surface area contributed by atoms with Gasteiger partial charge in [0.15, 0.2) is 0 Å². The summed E-state index contributed by atoms with van der Waals surface area (Å²) in [6.07, 6.45) is 0.785. The Labute approximate surface area is 84.8 Å². The smallest absolute Gasteiger partial charge is 0.122 e. The zero-order valence-electron chi connectivity index (χ0n) is 8.75. The minimum atomic E-state index is 0.517. The quantitative estimate of drug-likeness (QED) is 0.729. The summed E-state index contributed by atoms with van der Waals surface area (Å²) in [6, 6.07) is 6.13. The molecule has 3 nitrogen and oxygen atoms in total. The van der Waals surface area contributed by atoms with Gasteiger partial charge in [0.25, 0.3) is 0 Å². The molecule has 0 radical (unpaired) electrons. The summed E-state index contributed by atoms with van der Waals surface area (Å²) in [4.78, 5) is 4.56. The average molecular weight is 195 g/mol. The van der Waals surface area contributed by atoms with Crippen molar-refractivity contribution in [3.05, 3.63) is 29.3 Å². The molecule has 0 unspecified atom stereocenters. The Morgan fingerprint density at radius 2 is 2.14 bits per heavy atom. The molecule has 0 saturated carbocycles. The molecule has 0 aliphatic rings. The maximum absolute atomic E-state index is 5.49. The van der Waals surface area contributed by atoms with Crippen molar-refractivity contribution in [1.29, 1.82) is 0 Å². The Bertz CT molecular complexity index is 287. The molecule has 0 atom stereocenters. The highest BCUT2D eigenvalue weighted by Gasteiger charge is 2.03. The van der Waals surface area contributed by atoms with E-state index in [0.29, 0.717) is 13.2 Å². The van der Waals surface area contributed by atoms with Crippen LogP contribution in [0, 0.1) is 6.92 Å². The molecule has 1 aromatic rings. The molecule has 0 fully saturated rings. The number of hydrogen-bond acceptors (Lipinski definition) is 3. The minimum absolute atomic E-state index is 0.517. The Hall–Kier alpha value is -1.06. The lowest BCUT2D eigenvalue weighted by Gasteiger charge is -2.10. The van der Waals surface area contributed by atoms with Gasteiger partial charge in [0.2, 0.25) is 0 Å². The van der Waals surface area contributed by atoms with Gasteiger partial charge in [0.1, 0.15) is 5.75 Å². The van der Waals surface area contributed by atoms with Gasteiger partial charge in [0, 0.05) is 6.42 Å². The fourth-order valence-corrected chi connectivity index (χ4v) is 1.37. The summed E-state index contributed by atoms with van der Waals surface area (Å²) >= 11 is 0. The molecular weight excluding hydrogens is 178 g/mol. The Kier molecular flexibility index (Phi) is 4.43. The molecule has 0 amide bonds. The predicted octanol–water partition coefficient (Wildman–Crippen LogP) is 1.83. The predicted molar refractivity (Wildman–Crippen MR) is 56.2 cm³/mol. The van der Waals surface area contributed by atoms with Crippen LogP contribution in [0.3, 0.4) is 0 Å². The van der Waals surface area contributed by atoms with Gasteiger partial charge >= 0.3 is 0 Å². The molecule has 3 heteroatoms. The zero-order valence-corrected chi connectivity index (χ0v) is 8.75. The van der Waals surface area contributed by atoms with Gasteiger partial charge in [-0.25, -0.2) is 5.90 Å². The van der Waals surface area contributed by atoms with E-state index < -0.39 is 0 Å². The lowest BCUT2D eigenvalue weighted by atomic mass is 10.1.